The van der Waals surface area contributed by atoms with Crippen molar-refractivity contribution < 1.29 is 4.57 Å². The zero-order valence-corrected chi connectivity index (χ0v) is 30.2. The summed E-state index contributed by atoms with van der Waals surface area (Å²) in [5.74, 6) is 2.04. The monoisotopic (exact) mass is 689 g/mol. The highest BCUT2D eigenvalue weighted by atomic mass is 33.1. The molecule has 4 nitrogen and oxygen atoms in total. The lowest BCUT2D eigenvalue weighted by atomic mass is 10.1. The first-order chi connectivity index (χ1) is 24.6. The van der Waals surface area contributed by atoms with Gasteiger partial charge in [0.1, 0.15) is 0 Å². The molecule has 0 amide bonds. The molecule has 0 spiro atoms. The van der Waals surface area contributed by atoms with E-state index >= 15 is 0 Å². The molecule has 0 N–H and O–H groups in total. The zero-order chi connectivity index (χ0) is 34.3. The number of pyridine rings is 1. The Morgan fingerprint density at radius 1 is 0.660 bits per heavy atom. The van der Waals surface area contributed by atoms with Crippen LogP contribution in [0.3, 0.4) is 0 Å². The van der Waals surface area contributed by atoms with Crippen LogP contribution in [0.1, 0.15) is 16.7 Å². The minimum Gasteiger partial charge on any atom is -0.344 e. The molecule has 7 aromatic rings. The molecule has 248 valence electrons. The molecule has 7 rings (SSSR count). The lowest BCUT2D eigenvalue weighted by Gasteiger charge is -2.00. The number of benzene rings is 4. The van der Waals surface area contributed by atoms with Crippen molar-refractivity contribution in [2.75, 3.05) is 18.1 Å². The minimum atomic E-state index is 0.793. The van der Waals surface area contributed by atoms with E-state index in [4.69, 9.17) is 0 Å². The van der Waals surface area contributed by atoms with Crippen molar-refractivity contribution in [2.45, 2.75) is 6.54 Å². The molecular formula is C44H41N4S2+. The van der Waals surface area contributed by atoms with Gasteiger partial charge in [-0.2, -0.15) is 0 Å². The number of hydrogen-bond donors (Lipinski definition) is 0. The van der Waals surface area contributed by atoms with Crippen LogP contribution in [0.2, 0.25) is 0 Å². The average Bonchev–Trinajstić information content (AvgIpc) is 3.61. The molecule has 4 aromatic carbocycles. The number of para-hydroxylation sites is 2. The molecule has 0 saturated heterocycles. The highest BCUT2D eigenvalue weighted by Gasteiger charge is 2.09. The second kappa shape index (κ2) is 15.7. The van der Waals surface area contributed by atoms with Crippen LogP contribution >= 0.6 is 21.6 Å². The number of fused-ring (bicyclic) bond motifs is 6. The molecule has 0 unspecified atom stereocenters. The van der Waals surface area contributed by atoms with E-state index in [0.29, 0.717) is 0 Å². The van der Waals surface area contributed by atoms with Crippen molar-refractivity contribution >= 4 is 89.6 Å². The number of allylic oxidation sites excluding steroid dienone is 4. The third-order valence-electron chi connectivity index (χ3n) is 9.16. The van der Waals surface area contributed by atoms with Crippen LogP contribution in [0.15, 0.2) is 145 Å². The van der Waals surface area contributed by atoms with E-state index in [1.165, 1.54) is 60.3 Å². The van der Waals surface area contributed by atoms with Crippen molar-refractivity contribution in [2.24, 2.45) is 19.1 Å². The van der Waals surface area contributed by atoms with Crippen molar-refractivity contribution in [3.8, 4) is 0 Å². The first-order valence-electron chi connectivity index (χ1n) is 17.0. The first-order valence-corrected chi connectivity index (χ1v) is 19.4. The minimum absolute atomic E-state index is 0.793. The van der Waals surface area contributed by atoms with Gasteiger partial charge in [-0.1, -0.05) is 107 Å². The SMILES string of the molecule is C=CC(C=Cc1ccc2c(c1)c1ccccc1n2C)=CC=NCCSSCC[n+]1ccc(C=Cc2ccc3c(c2)c2ccccc2n3C)cc1. The molecule has 0 saturated carbocycles. The zero-order valence-electron chi connectivity index (χ0n) is 28.6. The van der Waals surface area contributed by atoms with Gasteiger partial charge in [-0.25, -0.2) is 4.57 Å². The van der Waals surface area contributed by atoms with E-state index in [9.17, 15) is 0 Å². The summed E-state index contributed by atoms with van der Waals surface area (Å²) in [4.78, 5) is 4.59. The van der Waals surface area contributed by atoms with Gasteiger partial charge in [-0.05, 0) is 64.7 Å². The number of aryl methyl sites for hydroxylation is 3. The van der Waals surface area contributed by atoms with Gasteiger partial charge in [-0.15, -0.1) is 0 Å². The highest BCUT2D eigenvalue weighted by Crippen LogP contribution is 2.30. The third-order valence-corrected chi connectivity index (χ3v) is 11.5. The maximum atomic E-state index is 4.59. The van der Waals surface area contributed by atoms with Crippen LogP contribution in [0, 0.1) is 0 Å². The van der Waals surface area contributed by atoms with Gasteiger partial charge < -0.3 is 9.13 Å². The van der Waals surface area contributed by atoms with Crippen molar-refractivity contribution in [1.82, 2.24) is 9.13 Å². The number of rotatable bonds is 13. The van der Waals surface area contributed by atoms with Gasteiger partial charge in [-0.3, -0.25) is 4.99 Å². The Hall–Kier alpha value is -5.04. The van der Waals surface area contributed by atoms with Crippen LogP contribution in [0.4, 0.5) is 0 Å². The molecular weight excluding hydrogens is 649 g/mol. The third kappa shape index (κ3) is 7.42. The Kier molecular flexibility index (Phi) is 10.5. The van der Waals surface area contributed by atoms with Crippen LogP contribution in [-0.2, 0) is 20.6 Å². The fourth-order valence-corrected chi connectivity index (χ4v) is 8.30. The van der Waals surface area contributed by atoms with E-state index in [1.54, 1.807) is 0 Å². The van der Waals surface area contributed by atoms with Gasteiger partial charge in [0.2, 0.25) is 0 Å². The smallest absolute Gasteiger partial charge is 0.169 e. The molecule has 6 heteroatoms. The van der Waals surface area contributed by atoms with E-state index < -0.39 is 0 Å². The van der Waals surface area contributed by atoms with Crippen molar-refractivity contribution in [3.05, 3.63) is 157 Å². The Morgan fingerprint density at radius 2 is 1.22 bits per heavy atom. The van der Waals surface area contributed by atoms with E-state index in [1.807, 2.05) is 40.0 Å². The maximum Gasteiger partial charge on any atom is 0.169 e. The Balaban J connectivity index is 0.834. The number of aliphatic imine (C=N–C) groups is 1. The van der Waals surface area contributed by atoms with Crippen molar-refractivity contribution in [3.63, 3.8) is 0 Å². The van der Waals surface area contributed by atoms with Gasteiger partial charge >= 0.3 is 0 Å². The summed E-state index contributed by atoms with van der Waals surface area (Å²) in [6.07, 6.45) is 18.8. The van der Waals surface area contributed by atoms with Crippen LogP contribution in [-0.4, -0.2) is 33.4 Å². The second-order valence-corrected chi connectivity index (χ2v) is 15.0. The molecule has 50 heavy (non-hydrogen) atoms. The lowest BCUT2D eigenvalue weighted by Crippen LogP contribution is -2.33. The number of aromatic nitrogens is 3. The summed E-state index contributed by atoms with van der Waals surface area (Å²) in [5.41, 5.74) is 9.65. The summed E-state index contributed by atoms with van der Waals surface area (Å²) < 4.78 is 6.78. The molecule has 3 heterocycles. The van der Waals surface area contributed by atoms with Gasteiger partial charge in [0.05, 0.1) is 5.75 Å². The van der Waals surface area contributed by atoms with E-state index in [0.717, 1.165) is 30.2 Å². The Labute approximate surface area is 302 Å². The average molecular weight is 690 g/mol. The van der Waals surface area contributed by atoms with Gasteiger partial charge in [0, 0.05) is 88.4 Å². The summed E-state index contributed by atoms with van der Waals surface area (Å²) in [6, 6.07) is 34.9. The standard InChI is InChI=1S/C44H41N4S2/c1-4-33(13-15-35-17-19-43-39(31-35)37-9-5-7-11-41(37)46(43)2)21-24-45-25-29-49-50-30-28-48-26-22-34(23-27-48)14-16-36-18-20-44-40(32-36)38-10-6-8-12-42(38)47(44)3/h4-24,26-27,31-32H,1,25,28-30H2,2-3H3/q+1. The summed E-state index contributed by atoms with van der Waals surface area (Å²) in [7, 11) is 8.05. The fraction of sp³-hybridized carbons (Fsp3) is 0.136. The lowest BCUT2D eigenvalue weighted by molar-refractivity contribution is -0.692. The van der Waals surface area contributed by atoms with Crippen molar-refractivity contribution in [1.29, 1.82) is 0 Å². The predicted octanol–water partition coefficient (Wildman–Crippen LogP) is 10.7. The quantitative estimate of drug-likeness (QED) is 0.0396. The molecule has 0 aliphatic rings. The summed E-state index contributed by atoms with van der Waals surface area (Å²) in [6.45, 7) is 5.76. The van der Waals surface area contributed by atoms with E-state index in [-0.39, 0.29) is 0 Å². The maximum absolute atomic E-state index is 4.59. The summed E-state index contributed by atoms with van der Waals surface area (Å²) in [5, 5.41) is 5.16. The molecule has 0 aliphatic carbocycles. The molecule has 0 fully saturated rings. The second-order valence-electron chi connectivity index (χ2n) is 12.3. The number of nitrogens with zero attached hydrogens (tertiary/aromatic N) is 4. The van der Waals surface area contributed by atoms with E-state index in [2.05, 4.69) is 173 Å². The normalized spacial score (nSPS) is 12.6. The van der Waals surface area contributed by atoms with Gasteiger partial charge in [0.15, 0.2) is 18.9 Å². The largest absolute Gasteiger partial charge is 0.344 e. The van der Waals surface area contributed by atoms with Crippen LogP contribution in [0.5, 0.6) is 0 Å². The molecule has 3 aromatic heterocycles. The molecule has 0 atom stereocenters. The summed E-state index contributed by atoms with van der Waals surface area (Å²) >= 11 is 0. The number of hydrogen-bond acceptors (Lipinski definition) is 3. The molecule has 0 bridgehead atoms. The van der Waals surface area contributed by atoms with Crippen LogP contribution in [0.25, 0.3) is 61.8 Å². The van der Waals surface area contributed by atoms with Crippen LogP contribution < -0.4 is 4.57 Å². The first kappa shape index (κ1) is 33.5. The predicted molar refractivity (Wildman–Crippen MR) is 222 cm³/mol. The van der Waals surface area contributed by atoms with Gasteiger partial charge in [0.25, 0.3) is 0 Å². The Morgan fingerprint density at radius 3 is 1.86 bits per heavy atom. The fourth-order valence-electron chi connectivity index (χ4n) is 6.45. The molecule has 0 radical (unpaired) electrons. The Bertz CT molecular complexity index is 2420. The topological polar surface area (TPSA) is 26.1 Å². The molecule has 0 aliphatic heterocycles. The highest BCUT2D eigenvalue weighted by molar-refractivity contribution is 8.76.